The average Bonchev–Trinajstić information content (AvgIpc) is 2.30. The molecule has 0 fully saturated rings. The number of benzene rings is 1. The number of rotatable bonds is 4. The third-order valence-corrected chi connectivity index (χ3v) is 2.29. The third kappa shape index (κ3) is 8.46. The molecule has 1 aromatic rings. The van der Waals surface area contributed by atoms with Crippen molar-refractivity contribution in [2.45, 2.75) is 39.7 Å². The molecule has 0 saturated carbocycles. The van der Waals surface area contributed by atoms with E-state index in [0.717, 1.165) is 6.42 Å². The minimum atomic E-state index is -0.913. The Morgan fingerprint density at radius 1 is 1.29 bits per heavy atom. The van der Waals surface area contributed by atoms with Gasteiger partial charge in [-0.3, -0.25) is 4.79 Å². The van der Waals surface area contributed by atoms with Crippen LogP contribution in [0.1, 0.15) is 32.8 Å². The molecular weight excluding hydrogens is 214 g/mol. The molecule has 0 saturated heterocycles. The van der Waals surface area contributed by atoms with Crippen LogP contribution in [0, 0.1) is 5.92 Å². The van der Waals surface area contributed by atoms with E-state index in [1.807, 2.05) is 19.9 Å². The van der Waals surface area contributed by atoms with Crippen LogP contribution in [0.2, 0.25) is 0 Å². The lowest BCUT2D eigenvalue weighted by Crippen LogP contribution is -2.31. The fourth-order valence-corrected chi connectivity index (χ4v) is 1.32. The van der Waals surface area contributed by atoms with E-state index in [1.165, 1.54) is 5.56 Å². The molecule has 3 nitrogen and oxygen atoms in total. The lowest BCUT2D eigenvalue weighted by atomic mass is 10.1. The summed E-state index contributed by atoms with van der Waals surface area (Å²) >= 11 is 0. The lowest BCUT2D eigenvalue weighted by Gasteiger charge is -2.07. The average molecular weight is 237 g/mol. The Kier molecular flexibility index (Phi) is 8.07. The first kappa shape index (κ1) is 15.7. The summed E-state index contributed by atoms with van der Waals surface area (Å²) in [5.41, 5.74) is 6.63. The molecule has 0 heterocycles. The summed E-state index contributed by atoms with van der Waals surface area (Å²) < 4.78 is 0. The Bertz CT molecular complexity index is 309. The zero-order valence-electron chi connectivity index (χ0n) is 10.9. The molecule has 96 valence electrons. The van der Waals surface area contributed by atoms with Crippen molar-refractivity contribution in [2.24, 2.45) is 11.7 Å². The summed E-state index contributed by atoms with van der Waals surface area (Å²) in [5.74, 6) is -0.556. The molecular formula is C14H23NO2. The van der Waals surface area contributed by atoms with Gasteiger partial charge in [-0.1, -0.05) is 51.1 Å². The molecule has 0 bridgehead atoms. The Morgan fingerprint density at radius 3 is 2.06 bits per heavy atom. The number of hydrogen-bond donors (Lipinski definition) is 2. The standard InChI is InChI=1S/C8H10.C6H13NO2/c1-2-8-6-4-3-5-7-8;1-4(2)3-5(7)6(8)9/h3-7H,2H2,1H3;4-5H,3,7H2,1-2H3,(H,8,9)/t;5-/m.0/s1. The van der Waals surface area contributed by atoms with Gasteiger partial charge >= 0.3 is 5.97 Å². The van der Waals surface area contributed by atoms with Crippen LogP contribution in [0.15, 0.2) is 30.3 Å². The van der Waals surface area contributed by atoms with E-state index >= 15 is 0 Å². The highest BCUT2D eigenvalue weighted by Gasteiger charge is 2.11. The first-order chi connectivity index (χ1) is 7.97. The van der Waals surface area contributed by atoms with Gasteiger partial charge < -0.3 is 10.8 Å². The van der Waals surface area contributed by atoms with Crippen LogP contribution >= 0.6 is 0 Å². The van der Waals surface area contributed by atoms with Gasteiger partial charge in [-0.2, -0.15) is 0 Å². The second-order valence-corrected chi connectivity index (χ2v) is 4.41. The SMILES string of the molecule is CC(C)C[C@H](N)C(=O)O.CCc1ccccc1. The maximum absolute atomic E-state index is 10.1. The van der Waals surface area contributed by atoms with Crippen molar-refractivity contribution in [1.29, 1.82) is 0 Å². The normalized spacial score (nSPS) is 11.6. The number of carboxylic acid groups (broad SMARTS) is 1. The Labute approximate surface area is 104 Å². The van der Waals surface area contributed by atoms with Crippen molar-refractivity contribution < 1.29 is 9.90 Å². The van der Waals surface area contributed by atoms with Crippen LogP contribution in [-0.4, -0.2) is 17.1 Å². The van der Waals surface area contributed by atoms with Crippen molar-refractivity contribution in [2.75, 3.05) is 0 Å². The molecule has 0 unspecified atom stereocenters. The fraction of sp³-hybridized carbons (Fsp3) is 0.500. The number of aliphatic carboxylic acids is 1. The van der Waals surface area contributed by atoms with Crippen LogP contribution in [0.4, 0.5) is 0 Å². The zero-order chi connectivity index (χ0) is 13.3. The molecule has 3 N–H and O–H groups in total. The topological polar surface area (TPSA) is 63.3 Å². The minimum Gasteiger partial charge on any atom is -0.480 e. The van der Waals surface area contributed by atoms with E-state index in [-0.39, 0.29) is 0 Å². The molecule has 1 atom stereocenters. The molecule has 1 rings (SSSR count). The van der Waals surface area contributed by atoms with Gasteiger partial charge in [-0.15, -0.1) is 0 Å². The molecule has 0 radical (unpaired) electrons. The van der Waals surface area contributed by atoms with Crippen LogP contribution in [0.5, 0.6) is 0 Å². The smallest absolute Gasteiger partial charge is 0.320 e. The first-order valence-electron chi connectivity index (χ1n) is 5.99. The quantitative estimate of drug-likeness (QED) is 0.846. The molecule has 0 aliphatic heterocycles. The van der Waals surface area contributed by atoms with Crippen molar-refractivity contribution in [3.05, 3.63) is 35.9 Å². The summed E-state index contributed by atoms with van der Waals surface area (Å²) in [5, 5.41) is 8.31. The number of hydrogen-bond acceptors (Lipinski definition) is 2. The van der Waals surface area contributed by atoms with E-state index in [2.05, 4.69) is 31.2 Å². The molecule has 1 aromatic carbocycles. The Morgan fingerprint density at radius 2 is 1.82 bits per heavy atom. The van der Waals surface area contributed by atoms with Crippen molar-refractivity contribution in [1.82, 2.24) is 0 Å². The lowest BCUT2D eigenvalue weighted by molar-refractivity contribution is -0.138. The van der Waals surface area contributed by atoms with Crippen LogP contribution < -0.4 is 5.73 Å². The molecule has 0 amide bonds. The van der Waals surface area contributed by atoms with Gasteiger partial charge in [0.05, 0.1) is 0 Å². The van der Waals surface area contributed by atoms with Crippen molar-refractivity contribution in [3.8, 4) is 0 Å². The Hall–Kier alpha value is -1.35. The molecule has 3 heteroatoms. The fourth-order valence-electron chi connectivity index (χ4n) is 1.32. The molecule has 0 aliphatic carbocycles. The predicted molar refractivity (Wildman–Crippen MR) is 70.9 cm³/mol. The number of carbonyl (C=O) groups is 1. The monoisotopic (exact) mass is 237 g/mol. The number of nitrogens with two attached hydrogens (primary N) is 1. The summed E-state index contributed by atoms with van der Waals surface area (Å²) in [7, 11) is 0. The van der Waals surface area contributed by atoms with Gasteiger partial charge in [-0.05, 0) is 24.3 Å². The number of aryl methyl sites for hydroxylation is 1. The second kappa shape index (κ2) is 8.76. The minimum absolute atomic E-state index is 0.357. The van der Waals surface area contributed by atoms with E-state index in [9.17, 15) is 4.79 Å². The first-order valence-corrected chi connectivity index (χ1v) is 5.99. The van der Waals surface area contributed by atoms with Gasteiger partial charge in [0.15, 0.2) is 0 Å². The van der Waals surface area contributed by atoms with E-state index in [1.54, 1.807) is 0 Å². The highest BCUT2D eigenvalue weighted by molar-refractivity contribution is 5.72. The van der Waals surface area contributed by atoms with Gasteiger partial charge in [0.25, 0.3) is 0 Å². The van der Waals surface area contributed by atoms with E-state index in [4.69, 9.17) is 10.8 Å². The molecule has 0 aliphatic rings. The summed E-state index contributed by atoms with van der Waals surface area (Å²) in [4.78, 5) is 10.1. The van der Waals surface area contributed by atoms with E-state index in [0.29, 0.717) is 12.3 Å². The van der Waals surface area contributed by atoms with Crippen LogP contribution in [0.3, 0.4) is 0 Å². The zero-order valence-corrected chi connectivity index (χ0v) is 10.9. The summed E-state index contributed by atoms with van der Waals surface area (Å²) in [6, 6.07) is 9.77. The van der Waals surface area contributed by atoms with Crippen LogP contribution in [-0.2, 0) is 11.2 Å². The highest BCUT2D eigenvalue weighted by atomic mass is 16.4. The van der Waals surface area contributed by atoms with Crippen molar-refractivity contribution in [3.63, 3.8) is 0 Å². The van der Waals surface area contributed by atoms with Gasteiger partial charge in [0.1, 0.15) is 6.04 Å². The van der Waals surface area contributed by atoms with Gasteiger partial charge in [0, 0.05) is 0 Å². The van der Waals surface area contributed by atoms with E-state index < -0.39 is 12.0 Å². The van der Waals surface area contributed by atoms with Crippen LogP contribution in [0.25, 0.3) is 0 Å². The summed E-state index contributed by atoms with van der Waals surface area (Å²) in [6.07, 6.45) is 1.69. The predicted octanol–water partition coefficient (Wildman–Crippen LogP) is 2.69. The largest absolute Gasteiger partial charge is 0.480 e. The maximum atomic E-state index is 10.1. The number of carboxylic acids is 1. The molecule has 17 heavy (non-hydrogen) atoms. The second-order valence-electron chi connectivity index (χ2n) is 4.41. The molecule has 0 aromatic heterocycles. The van der Waals surface area contributed by atoms with Gasteiger partial charge in [0.2, 0.25) is 0 Å². The highest BCUT2D eigenvalue weighted by Crippen LogP contribution is 2.01. The maximum Gasteiger partial charge on any atom is 0.320 e. The molecule has 0 spiro atoms. The Balaban J connectivity index is 0.000000302. The van der Waals surface area contributed by atoms with Gasteiger partial charge in [-0.25, -0.2) is 0 Å². The summed E-state index contributed by atoms with van der Waals surface area (Å²) in [6.45, 7) is 6.06. The third-order valence-electron chi connectivity index (χ3n) is 2.29. The van der Waals surface area contributed by atoms with Crippen molar-refractivity contribution >= 4 is 5.97 Å².